The Hall–Kier alpha value is -0.900. The number of hydrogen-bond acceptors (Lipinski definition) is 3. The van der Waals surface area contributed by atoms with E-state index in [2.05, 4.69) is 10.1 Å². The Labute approximate surface area is 96.7 Å². The van der Waals surface area contributed by atoms with Crippen LogP contribution in [0, 0.1) is 19.8 Å². The van der Waals surface area contributed by atoms with E-state index in [4.69, 9.17) is 0 Å². The lowest BCUT2D eigenvalue weighted by Gasteiger charge is -2.26. The number of rotatable bonds is 3. The summed E-state index contributed by atoms with van der Waals surface area (Å²) in [5, 5.41) is 14.5. The summed E-state index contributed by atoms with van der Waals surface area (Å²) in [6, 6.07) is 0. The molecule has 1 aromatic heterocycles. The predicted molar refractivity (Wildman–Crippen MR) is 62.1 cm³/mol. The molecule has 1 fully saturated rings. The number of aliphatic hydroxyl groups excluding tert-OH is 1. The predicted octanol–water partition coefficient (Wildman–Crippen LogP) is 1.84. The van der Waals surface area contributed by atoms with Crippen molar-refractivity contribution in [2.75, 3.05) is 0 Å². The molecule has 1 unspecified atom stereocenters. The van der Waals surface area contributed by atoms with Crippen molar-refractivity contribution in [1.29, 1.82) is 0 Å². The average molecular weight is 223 g/mol. The Kier molecular flexibility index (Phi) is 3.59. The Morgan fingerprint density at radius 1 is 1.31 bits per heavy atom. The number of aliphatic hydroxyl groups is 1. The molecule has 1 aliphatic rings. The Morgan fingerprint density at radius 2 is 2.00 bits per heavy atom. The maximum Gasteiger partial charge on any atom is 0.147 e. The van der Waals surface area contributed by atoms with E-state index in [1.807, 2.05) is 18.5 Å². The first-order valence-electron chi connectivity index (χ1n) is 6.23. The van der Waals surface area contributed by atoms with Gasteiger partial charge in [-0.1, -0.05) is 19.3 Å². The second-order valence-corrected chi connectivity index (χ2v) is 4.85. The van der Waals surface area contributed by atoms with Gasteiger partial charge in [0.05, 0.1) is 12.6 Å². The molecule has 4 nitrogen and oxygen atoms in total. The molecule has 0 amide bonds. The lowest BCUT2D eigenvalue weighted by molar-refractivity contribution is 0.0657. The molecule has 1 saturated carbocycles. The van der Waals surface area contributed by atoms with E-state index in [1.165, 1.54) is 19.3 Å². The molecule has 1 aromatic rings. The van der Waals surface area contributed by atoms with Gasteiger partial charge in [0, 0.05) is 0 Å². The minimum absolute atomic E-state index is 0.264. The standard InChI is InChI=1S/C12H21N3O/c1-9-13-10(2)15(14-9)8-12(16)11-6-4-3-5-7-11/h11-12,16H,3-8H2,1-2H3. The molecule has 1 heterocycles. The van der Waals surface area contributed by atoms with Crippen LogP contribution < -0.4 is 0 Å². The molecule has 0 spiro atoms. The van der Waals surface area contributed by atoms with Crippen molar-refractivity contribution < 1.29 is 5.11 Å². The van der Waals surface area contributed by atoms with E-state index in [0.717, 1.165) is 24.5 Å². The number of aromatic nitrogens is 3. The van der Waals surface area contributed by atoms with Gasteiger partial charge in [0.2, 0.25) is 0 Å². The quantitative estimate of drug-likeness (QED) is 0.850. The van der Waals surface area contributed by atoms with Gasteiger partial charge in [0.1, 0.15) is 11.6 Å². The molecule has 0 bridgehead atoms. The largest absolute Gasteiger partial charge is 0.391 e. The molecule has 90 valence electrons. The molecule has 0 radical (unpaired) electrons. The summed E-state index contributed by atoms with van der Waals surface area (Å²) in [4.78, 5) is 4.25. The van der Waals surface area contributed by atoms with Crippen molar-refractivity contribution in [3.05, 3.63) is 11.6 Å². The molecule has 1 N–H and O–H groups in total. The average Bonchev–Trinajstić information content (AvgIpc) is 2.59. The minimum Gasteiger partial charge on any atom is -0.391 e. The first-order valence-corrected chi connectivity index (χ1v) is 6.23. The van der Waals surface area contributed by atoms with Gasteiger partial charge in [-0.2, -0.15) is 5.10 Å². The summed E-state index contributed by atoms with van der Waals surface area (Å²) in [5.41, 5.74) is 0. The van der Waals surface area contributed by atoms with Gasteiger partial charge in [-0.25, -0.2) is 9.67 Å². The normalized spacial score (nSPS) is 19.9. The fourth-order valence-corrected chi connectivity index (χ4v) is 2.58. The van der Waals surface area contributed by atoms with E-state index < -0.39 is 0 Å². The smallest absolute Gasteiger partial charge is 0.147 e. The van der Waals surface area contributed by atoms with Crippen LogP contribution in [0.1, 0.15) is 43.8 Å². The van der Waals surface area contributed by atoms with Crippen LogP contribution in [-0.4, -0.2) is 26.0 Å². The maximum atomic E-state index is 10.2. The molecule has 0 aromatic carbocycles. The van der Waals surface area contributed by atoms with Gasteiger partial charge >= 0.3 is 0 Å². The highest BCUT2D eigenvalue weighted by atomic mass is 16.3. The van der Waals surface area contributed by atoms with Crippen molar-refractivity contribution in [1.82, 2.24) is 14.8 Å². The zero-order chi connectivity index (χ0) is 11.5. The molecule has 16 heavy (non-hydrogen) atoms. The van der Waals surface area contributed by atoms with Crippen LogP contribution in [0.2, 0.25) is 0 Å². The van der Waals surface area contributed by atoms with E-state index in [1.54, 1.807) is 0 Å². The van der Waals surface area contributed by atoms with Gasteiger partial charge in [-0.15, -0.1) is 0 Å². The van der Waals surface area contributed by atoms with Crippen molar-refractivity contribution in [3.8, 4) is 0 Å². The maximum absolute atomic E-state index is 10.2. The summed E-state index contributed by atoms with van der Waals surface area (Å²) in [7, 11) is 0. The summed E-state index contributed by atoms with van der Waals surface area (Å²) < 4.78 is 1.83. The Bertz CT molecular complexity index is 342. The van der Waals surface area contributed by atoms with Crippen LogP contribution in [0.25, 0.3) is 0 Å². The lowest BCUT2D eigenvalue weighted by atomic mass is 9.85. The highest BCUT2D eigenvalue weighted by molar-refractivity contribution is 4.88. The van der Waals surface area contributed by atoms with Crippen LogP contribution >= 0.6 is 0 Å². The zero-order valence-corrected chi connectivity index (χ0v) is 10.2. The highest BCUT2D eigenvalue weighted by Crippen LogP contribution is 2.27. The van der Waals surface area contributed by atoms with Crippen LogP contribution in [0.4, 0.5) is 0 Å². The van der Waals surface area contributed by atoms with Crippen molar-refractivity contribution in [2.45, 2.75) is 58.6 Å². The monoisotopic (exact) mass is 223 g/mol. The van der Waals surface area contributed by atoms with Gasteiger partial charge < -0.3 is 5.11 Å². The van der Waals surface area contributed by atoms with Gasteiger partial charge in [-0.3, -0.25) is 0 Å². The van der Waals surface area contributed by atoms with E-state index in [-0.39, 0.29) is 6.10 Å². The molecular formula is C12H21N3O. The van der Waals surface area contributed by atoms with E-state index in [0.29, 0.717) is 12.5 Å². The SMILES string of the molecule is Cc1nc(C)n(CC(O)C2CCCCC2)n1. The summed E-state index contributed by atoms with van der Waals surface area (Å²) >= 11 is 0. The number of nitrogens with zero attached hydrogens (tertiary/aromatic N) is 3. The molecule has 0 saturated heterocycles. The summed E-state index contributed by atoms with van der Waals surface area (Å²) in [6.45, 7) is 4.42. The molecular weight excluding hydrogens is 202 g/mol. The third kappa shape index (κ3) is 2.61. The Morgan fingerprint density at radius 3 is 2.56 bits per heavy atom. The lowest BCUT2D eigenvalue weighted by Crippen LogP contribution is -2.28. The van der Waals surface area contributed by atoms with Gasteiger partial charge in [-0.05, 0) is 32.6 Å². The van der Waals surface area contributed by atoms with E-state index in [9.17, 15) is 5.11 Å². The fraction of sp³-hybridized carbons (Fsp3) is 0.833. The third-order valence-corrected chi connectivity index (χ3v) is 3.52. The van der Waals surface area contributed by atoms with Crippen molar-refractivity contribution in [2.24, 2.45) is 5.92 Å². The molecule has 1 atom stereocenters. The van der Waals surface area contributed by atoms with Gasteiger partial charge in [0.15, 0.2) is 0 Å². The van der Waals surface area contributed by atoms with Crippen molar-refractivity contribution in [3.63, 3.8) is 0 Å². The summed E-state index contributed by atoms with van der Waals surface area (Å²) in [6.07, 6.45) is 5.90. The number of aryl methyl sites for hydroxylation is 2. The van der Waals surface area contributed by atoms with Crippen LogP contribution in [0.5, 0.6) is 0 Å². The second kappa shape index (κ2) is 4.95. The molecule has 4 heteroatoms. The molecule has 1 aliphatic carbocycles. The van der Waals surface area contributed by atoms with Crippen LogP contribution in [-0.2, 0) is 6.54 Å². The minimum atomic E-state index is -0.264. The highest BCUT2D eigenvalue weighted by Gasteiger charge is 2.22. The first-order chi connectivity index (χ1) is 7.66. The van der Waals surface area contributed by atoms with Crippen molar-refractivity contribution >= 4 is 0 Å². The molecule has 2 rings (SSSR count). The second-order valence-electron chi connectivity index (χ2n) is 4.85. The Balaban J connectivity index is 1.95. The summed E-state index contributed by atoms with van der Waals surface area (Å²) in [5.74, 6) is 2.14. The zero-order valence-electron chi connectivity index (χ0n) is 10.2. The number of hydrogen-bond donors (Lipinski definition) is 1. The van der Waals surface area contributed by atoms with Gasteiger partial charge in [0.25, 0.3) is 0 Å². The topological polar surface area (TPSA) is 50.9 Å². The van der Waals surface area contributed by atoms with Crippen LogP contribution in [0.15, 0.2) is 0 Å². The fourth-order valence-electron chi connectivity index (χ4n) is 2.58. The van der Waals surface area contributed by atoms with E-state index >= 15 is 0 Å². The molecule has 0 aliphatic heterocycles. The van der Waals surface area contributed by atoms with Crippen LogP contribution in [0.3, 0.4) is 0 Å². The first kappa shape index (κ1) is 11.6. The third-order valence-electron chi connectivity index (χ3n) is 3.52.